The Morgan fingerprint density at radius 1 is 0.808 bits per heavy atom. The molecule has 0 atom stereocenters. The lowest BCUT2D eigenvalue weighted by Crippen LogP contribution is -2.42. The number of amides is 2. The molecular weight excluding hydrogens is 332 g/mol. The molecule has 0 aliphatic carbocycles. The molecule has 0 saturated carbocycles. The topological polar surface area (TPSA) is 126 Å². The van der Waals surface area contributed by atoms with Crippen molar-refractivity contribution >= 4 is 11.8 Å². The van der Waals surface area contributed by atoms with Crippen molar-refractivity contribution in [2.24, 2.45) is 11.5 Å². The third-order valence-corrected chi connectivity index (χ3v) is 3.77. The quantitative estimate of drug-likeness (QED) is 0.261. The van der Waals surface area contributed by atoms with Crippen molar-refractivity contribution < 1.29 is 9.59 Å². The van der Waals surface area contributed by atoms with E-state index in [1.807, 2.05) is 0 Å². The van der Waals surface area contributed by atoms with Crippen LogP contribution in [0.3, 0.4) is 0 Å². The fourth-order valence-electron chi connectivity index (χ4n) is 2.45. The molecular formula is C18H40N6O2. The SMILES string of the molecule is CC(C)(C)NCCN(CCCC(=O)NCCN)CCCC(=O)NCCN. The third kappa shape index (κ3) is 16.3. The largest absolute Gasteiger partial charge is 0.355 e. The van der Waals surface area contributed by atoms with E-state index in [0.717, 1.165) is 39.0 Å². The van der Waals surface area contributed by atoms with Crippen LogP contribution >= 0.6 is 0 Å². The molecule has 0 rings (SSSR count). The smallest absolute Gasteiger partial charge is 0.220 e. The number of carbonyl (C=O) groups is 2. The summed E-state index contributed by atoms with van der Waals surface area (Å²) in [7, 11) is 0. The first-order chi connectivity index (χ1) is 12.3. The molecule has 0 heterocycles. The molecule has 0 radical (unpaired) electrons. The summed E-state index contributed by atoms with van der Waals surface area (Å²) in [6.07, 6.45) is 2.59. The number of nitrogens with one attached hydrogen (secondary N) is 3. The zero-order valence-electron chi connectivity index (χ0n) is 16.9. The molecule has 0 aromatic rings. The van der Waals surface area contributed by atoms with Crippen LogP contribution in [0.1, 0.15) is 46.5 Å². The second-order valence-electron chi connectivity index (χ2n) is 7.50. The predicted octanol–water partition coefficient (Wildman–Crippen LogP) is -0.613. The van der Waals surface area contributed by atoms with Gasteiger partial charge >= 0.3 is 0 Å². The summed E-state index contributed by atoms with van der Waals surface area (Å²) >= 11 is 0. The minimum Gasteiger partial charge on any atom is -0.355 e. The van der Waals surface area contributed by atoms with Gasteiger partial charge in [-0.25, -0.2) is 0 Å². The molecule has 0 aliphatic rings. The predicted molar refractivity (Wildman–Crippen MR) is 107 cm³/mol. The Kier molecular flexibility index (Phi) is 14.2. The highest BCUT2D eigenvalue weighted by molar-refractivity contribution is 5.76. The van der Waals surface area contributed by atoms with Crippen molar-refractivity contribution in [1.29, 1.82) is 0 Å². The Balaban J connectivity index is 4.19. The van der Waals surface area contributed by atoms with Gasteiger partial charge in [0, 0.05) is 57.6 Å². The van der Waals surface area contributed by atoms with Crippen molar-refractivity contribution in [3.8, 4) is 0 Å². The van der Waals surface area contributed by atoms with E-state index in [2.05, 4.69) is 41.6 Å². The maximum atomic E-state index is 11.7. The number of rotatable bonds is 15. The fourth-order valence-corrected chi connectivity index (χ4v) is 2.45. The highest BCUT2D eigenvalue weighted by atomic mass is 16.2. The molecule has 26 heavy (non-hydrogen) atoms. The van der Waals surface area contributed by atoms with Gasteiger partial charge in [-0.3, -0.25) is 9.59 Å². The van der Waals surface area contributed by atoms with E-state index >= 15 is 0 Å². The van der Waals surface area contributed by atoms with Gasteiger partial charge in [0.05, 0.1) is 0 Å². The van der Waals surface area contributed by atoms with E-state index in [0.29, 0.717) is 39.0 Å². The Bertz CT molecular complexity index is 358. The lowest BCUT2D eigenvalue weighted by Gasteiger charge is -2.26. The monoisotopic (exact) mass is 372 g/mol. The molecule has 154 valence electrons. The summed E-state index contributed by atoms with van der Waals surface area (Å²) in [6, 6.07) is 0. The molecule has 7 N–H and O–H groups in total. The third-order valence-electron chi connectivity index (χ3n) is 3.77. The number of hydrogen-bond donors (Lipinski definition) is 5. The van der Waals surface area contributed by atoms with Gasteiger partial charge in [0.2, 0.25) is 11.8 Å². The lowest BCUT2D eigenvalue weighted by molar-refractivity contribution is -0.121. The summed E-state index contributed by atoms with van der Waals surface area (Å²) in [5.74, 6) is 0.0914. The Morgan fingerprint density at radius 3 is 1.65 bits per heavy atom. The average Bonchev–Trinajstić information content (AvgIpc) is 2.56. The van der Waals surface area contributed by atoms with Crippen LogP contribution < -0.4 is 27.4 Å². The first-order valence-electron chi connectivity index (χ1n) is 9.69. The van der Waals surface area contributed by atoms with Crippen LogP contribution in [0, 0.1) is 0 Å². The van der Waals surface area contributed by atoms with Crippen molar-refractivity contribution in [1.82, 2.24) is 20.9 Å². The maximum absolute atomic E-state index is 11.7. The van der Waals surface area contributed by atoms with Crippen LogP contribution in [-0.4, -0.2) is 74.6 Å². The molecule has 0 aromatic carbocycles. The summed E-state index contributed by atoms with van der Waals surface area (Å²) < 4.78 is 0. The van der Waals surface area contributed by atoms with Crippen molar-refractivity contribution in [2.45, 2.75) is 52.0 Å². The van der Waals surface area contributed by atoms with Crippen molar-refractivity contribution in [3.05, 3.63) is 0 Å². The van der Waals surface area contributed by atoms with Crippen molar-refractivity contribution in [3.63, 3.8) is 0 Å². The first kappa shape index (κ1) is 24.8. The standard InChI is InChI=1S/C18H40N6O2/c1-18(2,3)23-12-15-24(13-4-6-16(25)21-10-8-19)14-5-7-17(26)22-11-9-20/h23H,4-15,19-20H2,1-3H3,(H,21,25)(H,22,26). The highest BCUT2D eigenvalue weighted by Crippen LogP contribution is 2.02. The van der Waals surface area contributed by atoms with Crippen LogP contribution in [0.4, 0.5) is 0 Å². The second-order valence-corrected chi connectivity index (χ2v) is 7.50. The molecule has 0 bridgehead atoms. The molecule has 8 heteroatoms. The Hall–Kier alpha value is -1.22. The minimum absolute atomic E-state index is 0.0457. The van der Waals surface area contributed by atoms with E-state index in [1.165, 1.54) is 0 Å². The Morgan fingerprint density at radius 2 is 1.27 bits per heavy atom. The van der Waals surface area contributed by atoms with E-state index < -0.39 is 0 Å². The highest BCUT2D eigenvalue weighted by Gasteiger charge is 2.11. The van der Waals surface area contributed by atoms with Gasteiger partial charge in [0.25, 0.3) is 0 Å². The number of nitrogens with zero attached hydrogens (tertiary/aromatic N) is 1. The number of hydrogen-bond acceptors (Lipinski definition) is 6. The second kappa shape index (κ2) is 14.9. The molecule has 0 aliphatic heterocycles. The van der Waals surface area contributed by atoms with Crippen LogP contribution in [0.2, 0.25) is 0 Å². The van der Waals surface area contributed by atoms with Gasteiger partial charge in [0.15, 0.2) is 0 Å². The first-order valence-corrected chi connectivity index (χ1v) is 9.69. The van der Waals surface area contributed by atoms with Crippen molar-refractivity contribution in [2.75, 3.05) is 52.4 Å². The van der Waals surface area contributed by atoms with Gasteiger partial charge in [-0.1, -0.05) is 0 Å². The fraction of sp³-hybridized carbons (Fsp3) is 0.889. The Labute approximate surface area is 158 Å². The number of nitrogens with two attached hydrogens (primary N) is 2. The molecule has 8 nitrogen and oxygen atoms in total. The lowest BCUT2D eigenvalue weighted by atomic mass is 10.1. The molecule has 0 fully saturated rings. The molecule has 0 spiro atoms. The molecule has 0 unspecified atom stereocenters. The van der Waals surface area contributed by atoms with Gasteiger partial charge in [-0.15, -0.1) is 0 Å². The summed E-state index contributed by atoms with van der Waals surface area (Å²) in [4.78, 5) is 25.7. The molecule has 2 amide bonds. The summed E-state index contributed by atoms with van der Waals surface area (Å²) in [6.45, 7) is 11.8. The summed E-state index contributed by atoms with van der Waals surface area (Å²) in [5.41, 5.74) is 10.8. The normalized spacial score (nSPS) is 11.6. The van der Waals surface area contributed by atoms with Gasteiger partial charge in [-0.2, -0.15) is 0 Å². The van der Waals surface area contributed by atoms with E-state index in [9.17, 15) is 9.59 Å². The average molecular weight is 373 g/mol. The van der Waals surface area contributed by atoms with Crippen LogP contribution in [0.5, 0.6) is 0 Å². The van der Waals surface area contributed by atoms with Crippen LogP contribution in [-0.2, 0) is 9.59 Å². The minimum atomic E-state index is 0.0457. The van der Waals surface area contributed by atoms with Crippen LogP contribution in [0.15, 0.2) is 0 Å². The van der Waals surface area contributed by atoms with Crippen LogP contribution in [0.25, 0.3) is 0 Å². The zero-order valence-corrected chi connectivity index (χ0v) is 16.9. The van der Waals surface area contributed by atoms with Gasteiger partial charge < -0.3 is 32.3 Å². The van der Waals surface area contributed by atoms with E-state index in [4.69, 9.17) is 11.5 Å². The maximum Gasteiger partial charge on any atom is 0.220 e. The number of carbonyl (C=O) groups excluding carboxylic acids is 2. The summed E-state index contributed by atoms with van der Waals surface area (Å²) in [5, 5.41) is 9.06. The van der Waals surface area contributed by atoms with E-state index in [1.54, 1.807) is 0 Å². The zero-order chi connectivity index (χ0) is 19.8. The van der Waals surface area contributed by atoms with Gasteiger partial charge in [-0.05, 0) is 46.7 Å². The molecule has 0 aromatic heterocycles. The molecule has 0 saturated heterocycles. The van der Waals surface area contributed by atoms with E-state index in [-0.39, 0.29) is 17.4 Å². The van der Waals surface area contributed by atoms with Gasteiger partial charge in [0.1, 0.15) is 0 Å².